The van der Waals surface area contributed by atoms with Crippen LogP contribution in [0, 0.1) is 12.7 Å². The second-order valence-corrected chi connectivity index (χ2v) is 9.46. The highest BCUT2D eigenvalue weighted by Crippen LogP contribution is 2.32. The van der Waals surface area contributed by atoms with E-state index < -0.39 is 5.60 Å². The van der Waals surface area contributed by atoms with Crippen molar-refractivity contribution in [1.82, 2.24) is 14.5 Å². The maximum absolute atomic E-state index is 14.4. The third-order valence-electron chi connectivity index (χ3n) is 5.86. The van der Waals surface area contributed by atoms with Gasteiger partial charge in [-0.3, -0.25) is 0 Å². The van der Waals surface area contributed by atoms with Crippen molar-refractivity contribution in [2.45, 2.75) is 52.1 Å². The molecule has 1 aromatic heterocycles. The van der Waals surface area contributed by atoms with Crippen LogP contribution in [0.5, 0.6) is 0 Å². The summed E-state index contributed by atoms with van der Waals surface area (Å²) in [6.45, 7) is 8.84. The number of hydrogen-bond acceptors (Lipinski definition) is 3. The number of ether oxygens (including phenoxy) is 1. The molecule has 3 aromatic rings. The van der Waals surface area contributed by atoms with Crippen LogP contribution in [0.4, 0.5) is 9.18 Å². The Bertz CT molecular complexity index is 1120. The zero-order valence-electron chi connectivity index (χ0n) is 18.9. The SMILES string of the molecule is Cc1ccc(-c2ccc3c(c2)nc(C2CCN(C(=O)OC(C)(C)C)CC2)n3C)c(F)c1. The van der Waals surface area contributed by atoms with Gasteiger partial charge in [-0.1, -0.05) is 18.2 Å². The molecule has 0 saturated carbocycles. The van der Waals surface area contributed by atoms with Crippen molar-refractivity contribution in [2.24, 2.45) is 7.05 Å². The van der Waals surface area contributed by atoms with Crippen molar-refractivity contribution in [1.29, 1.82) is 0 Å². The predicted molar refractivity (Wildman–Crippen MR) is 121 cm³/mol. The average Bonchev–Trinajstić information content (AvgIpc) is 3.03. The lowest BCUT2D eigenvalue weighted by Gasteiger charge is -2.33. The minimum Gasteiger partial charge on any atom is -0.444 e. The molecule has 0 spiro atoms. The third kappa shape index (κ3) is 4.43. The third-order valence-corrected chi connectivity index (χ3v) is 5.86. The van der Waals surface area contributed by atoms with Crippen molar-refractivity contribution >= 4 is 17.1 Å². The molecule has 1 amide bonds. The van der Waals surface area contributed by atoms with Crippen molar-refractivity contribution in [3.8, 4) is 11.1 Å². The molecule has 0 atom stereocenters. The maximum atomic E-state index is 14.4. The van der Waals surface area contributed by atoms with Gasteiger partial charge in [0.2, 0.25) is 0 Å². The largest absolute Gasteiger partial charge is 0.444 e. The van der Waals surface area contributed by atoms with Gasteiger partial charge in [0, 0.05) is 31.6 Å². The summed E-state index contributed by atoms with van der Waals surface area (Å²) < 4.78 is 22.1. The zero-order chi connectivity index (χ0) is 22.3. The number of benzene rings is 2. The Labute approximate surface area is 182 Å². The van der Waals surface area contributed by atoms with E-state index in [1.807, 2.05) is 65.1 Å². The number of fused-ring (bicyclic) bond motifs is 1. The highest BCUT2D eigenvalue weighted by atomic mass is 19.1. The first-order valence-electron chi connectivity index (χ1n) is 10.8. The average molecular weight is 424 g/mol. The van der Waals surface area contributed by atoms with Gasteiger partial charge in [-0.05, 0) is 69.9 Å². The Kier molecular flexibility index (Phi) is 5.50. The molecule has 31 heavy (non-hydrogen) atoms. The topological polar surface area (TPSA) is 47.4 Å². The summed E-state index contributed by atoms with van der Waals surface area (Å²) in [5.41, 5.74) is 3.73. The van der Waals surface area contributed by atoms with E-state index in [9.17, 15) is 9.18 Å². The summed E-state index contributed by atoms with van der Waals surface area (Å²) in [4.78, 5) is 19.0. The monoisotopic (exact) mass is 423 g/mol. The number of imidazole rings is 1. The van der Waals surface area contributed by atoms with Gasteiger partial charge < -0.3 is 14.2 Å². The first-order chi connectivity index (χ1) is 14.6. The number of carbonyl (C=O) groups is 1. The van der Waals surface area contributed by atoms with E-state index in [2.05, 4.69) is 4.57 Å². The maximum Gasteiger partial charge on any atom is 0.410 e. The molecule has 2 heterocycles. The molecule has 4 rings (SSSR count). The summed E-state index contributed by atoms with van der Waals surface area (Å²) in [6, 6.07) is 11.2. The molecular formula is C25H30FN3O2. The van der Waals surface area contributed by atoms with Gasteiger partial charge in [-0.15, -0.1) is 0 Å². The molecule has 0 N–H and O–H groups in total. The molecule has 0 aliphatic carbocycles. The molecule has 1 saturated heterocycles. The Morgan fingerprint density at radius 2 is 1.84 bits per heavy atom. The Hall–Kier alpha value is -2.89. The summed E-state index contributed by atoms with van der Waals surface area (Å²) in [6.07, 6.45) is 1.44. The van der Waals surface area contributed by atoms with Crippen LogP contribution in [-0.2, 0) is 11.8 Å². The smallest absolute Gasteiger partial charge is 0.410 e. The fourth-order valence-electron chi connectivity index (χ4n) is 4.25. The quantitative estimate of drug-likeness (QED) is 0.523. The van der Waals surface area contributed by atoms with E-state index in [-0.39, 0.29) is 17.8 Å². The van der Waals surface area contributed by atoms with Crippen LogP contribution in [0.2, 0.25) is 0 Å². The number of amides is 1. The van der Waals surface area contributed by atoms with Crippen molar-refractivity contribution < 1.29 is 13.9 Å². The molecule has 6 heteroatoms. The number of piperidine rings is 1. The van der Waals surface area contributed by atoms with E-state index in [4.69, 9.17) is 9.72 Å². The van der Waals surface area contributed by atoms with Crippen molar-refractivity contribution in [3.05, 3.63) is 53.6 Å². The van der Waals surface area contributed by atoms with Gasteiger partial charge >= 0.3 is 6.09 Å². The molecule has 0 unspecified atom stereocenters. The fraction of sp³-hybridized carbons (Fsp3) is 0.440. The molecular weight excluding hydrogens is 393 g/mol. The summed E-state index contributed by atoms with van der Waals surface area (Å²) >= 11 is 0. The molecule has 1 aliphatic heterocycles. The van der Waals surface area contributed by atoms with Gasteiger partial charge in [0.1, 0.15) is 17.2 Å². The number of aromatic nitrogens is 2. The lowest BCUT2D eigenvalue weighted by Crippen LogP contribution is -2.41. The zero-order valence-corrected chi connectivity index (χ0v) is 18.9. The van der Waals surface area contributed by atoms with Gasteiger partial charge in [-0.2, -0.15) is 0 Å². The van der Waals surface area contributed by atoms with Gasteiger partial charge in [-0.25, -0.2) is 14.2 Å². The number of hydrogen-bond donors (Lipinski definition) is 0. The number of likely N-dealkylation sites (tertiary alicyclic amines) is 1. The van der Waals surface area contributed by atoms with Crippen LogP contribution < -0.4 is 0 Å². The van der Waals surface area contributed by atoms with Crippen LogP contribution in [0.3, 0.4) is 0 Å². The number of rotatable bonds is 2. The van der Waals surface area contributed by atoms with E-state index in [0.717, 1.165) is 40.8 Å². The number of halogens is 1. The molecule has 0 radical (unpaired) electrons. The molecule has 164 valence electrons. The first kappa shape index (κ1) is 21.3. The lowest BCUT2D eigenvalue weighted by atomic mass is 9.96. The Morgan fingerprint density at radius 3 is 2.48 bits per heavy atom. The predicted octanol–water partition coefficient (Wildman–Crippen LogP) is 5.80. The molecule has 1 fully saturated rings. The summed E-state index contributed by atoms with van der Waals surface area (Å²) in [7, 11) is 2.02. The van der Waals surface area contributed by atoms with Crippen LogP contribution in [0.15, 0.2) is 36.4 Å². The number of carbonyl (C=O) groups excluding carboxylic acids is 1. The van der Waals surface area contributed by atoms with Crippen molar-refractivity contribution in [3.63, 3.8) is 0 Å². The van der Waals surface area contributed by atoms with E-state index in [1.54, 1.807) is 11.0 Å². The van der Waals surface area contributed by atoms with Gasteiger partial charge in [0.15, 0.2) is 0 Å². The molecule has 5 nitrogen and oxygen atoms in total. The minimum absolute atomic E-state index is 0.218. The highest BCUT2D eigenvalue weighted by Gasteiger charge is 2.29. The van der Waals surface area contributed by atoms with Crippen LogP contribution in [-0.4, -0.2) is 39.2 Å². The van der Waals surface area contributed by atoms with E-state index in [0.29, 0.717) is 18.7 Å². The van der Waals surface area contributed by atoms with Crippen molar-refractivity contribution in [2.75, 3.05) is 13.1 Å². The minimum atomic E-state index is -0.486. The summed E-state index contributed by atoms with van der Waals surface area (Å²) in [5, 5.41) is 0. The van der Waals surface area contributed by atoms with Crippen LogP contribution in [0.25, 0.3) is 22.2 Å². The van der Waals surface area contributed by atoms with E-state index in [1.165, 1.54) is 0 Å². The van der Waals surface area contributed by atoms with Crippen LogP contribution in [0.1, 0.15) is 50.9 Å². The van der Waals surface area contributed by atoms with Crippen LogP contribution >= 0.6 is 0 Å². The number of nitrogens with zero attached hydrogens (tertiary/aromatic N) is 3. The van der Waals surface area contributed by atoms with Gasteiger partial charge in [0.25, 0.3) is 0 Å². The number of aryl methyl sites for hydroxylation is 2. The molecule has 1 aliphatic rings. The Morgan fingerprint density at radius 1 is 1.13 bits per heavy atom. The summed E-state index contributed by atoms with van der Waals surface area (Å²) in [5.74, 6) is 1.07. The first-order valence-corrected chi connectivity index (χ1v) is 10.8. The van der Waals surface area contributed by atoms with E-state index >= 15 is 0 Å². The molecule has 2 aromatic carbocycles. The normalized spacial score (nSPS) is 15.5. The Balaban J connectivity index is 1.54. The second kappa shape index (κ2) is 7.98. The highest BCUT2D eigenvalue weighted by molar-refractivity contribution is 5.83. The fourth-order valence-corrected chi connectivity index (χ4v) is 4.25. The molecule has 0 bridgehead atoms. The standard InChI is InChI=1S/C25H30FN3O2/c1-16-6-8-19(20(26)14-16)18-7-9-22-21(15-18)27-23(28(22)5)17-10-12-29(13-11-17)24(30)31-25(2,3)4/h6-9,14-15,17H,10-13H2,1-5H3. The lowest BCUT2D eigenvalue weighted by molar-refractivity contribution is 0.0202. The van der Waals surface area contributed by atoms with Gasteiger partial charge in [0.05, 0.1) is 11.0 Å². The second-order valence-electron chi connectivity index (χ2n) is 9.46.